The van der Waals surface area contributed by atoms with Crippen molar-refractivity contribution >= 4 is 29.1 Å². The molecule has 0 spiro atoms. The molecule has 2 heterocycles. The maximum atomic E-state index is 14.5. The molecule has 57 heavy (non-hydrogen) atoms. The van der Waals surface area contributed by atoms with E-state index in [2.05, 4.69) is 133 Å². The Morgan fingerprint density at radius 1 is 0.561 bits per heavy atom. The second kappa shape index (κ2) is 16.3. The lowest BCUT2D eigenvalue weighted by atomic mass is 9.81. The number of aromatic nitrogens is 1. The molecule has 0 unspecified atom stereocenters. The lowest BCUT2D eigenvalue weighted by molar-refractivity contribution is -2.00. The third-order valence-corrected chi connectivity index (χ3v) is 10.4. The molecule has 7 aromatic rings. The van der Waals surface area contributed by atoms with Gasteiger partial charge < -0.3 is 5.11 Å². The predicted molar refractivity (Wildman–Crippen MR) is 214 cm³/mol. The van der Waals surface area contributed by atoms with E-state index in [1.165, 1.54) is 11.3 Å². The monoisotopic (exact) mass is 792 g/mol. The molecule has 0 bridgehead atoms. The highest BCUT2D eigenvalue weighted by Gasteiger charge is 2.42. The standard InChI is InChI=1S/C48H38ClN2O.ClHO4/c1-48(2)42-21-13-14-22-43(42)50(3)46(48)28-25-37-29-40(32-41(47(37)52)34-15-7-4-8-16-34)51-44(35-17-9-5-10-18-35)30-38(33-23-26-39(49)27-24-33)31-45(51)36-19-11-6-12-20-36;2-1(3,4)5/h4-32H,1-3H3;(H,2,3,4,5)/q+1;/p-1. The van der Waals surface area contributed by atoms with E-state index in [4.69, 9.17) is 30.2 Å². The van der Waals surface area contributed by atoms with Crippen LogP contribution in [0.15, 0.2) is 170 Å². The Balaban J connectivity index is 0.000000935. The van der Waals surface area contributed by atoms with Gasteiger partial charge in [0.2, 0.25) is 22.8 Å². The lowest BCUT2D eigenvalue weighted by Crippen LogP contribution is -2.68. The van der Waals surface area contributed by atoms with Gasteiger partial charge in [-0.15, -0.1) is 10.2 Å². The van der Waals surface area contributed by atoms with Crippen LogP contribution in [0.3, 0.4) is 0 Å². The summed E-state index contributed by atoms with van der Waals surface area (Å²) in [7, 11) is -2.84. The highest BCUT2D eigenvalue weighted by Crippen LogP contribution is 2.40. The molecule has 1 aliphatic rings. The largest absolute Gasteiger partial charge is 0.872 e. The van der Waals surface area contributed by atoms with Crippen LogP contribution in [-0.4, -0.2) is 17.3 Å². The Morgan fingerprint density at radius 3 is 1.58 bits per heavy atom. The third kappa shape index (κ3) is 8.60. The van der Waals surface area contributed by atoms with Crippen molar-refractivity contribution in [1.82, 2.24) is 0 Å². The van der Waals surface area contributed by atoms with Gasteiger partial charge in [-0.25, -0.2) is 18.6 Å². The summed E-state index contributed by atoms with van der Waals surface area (Å²) >= 11 is 6.33. The summed E-state index contributed by atoms with van der Waals surface area (Å²) in [6.07, 6.45) is 4.13. The highest BCUT2D eigenvalue weighted by molar-refractivity contribution is 6.30. The summed E-state index contributed by atoms with van der Waals surface area (Å²) in [4.78, 5) is 0. The minimum atomic E-state index is -4.94. The van der Waals surface area contributed by atoms with E-state index in [1.807, 2.05) is 72.8 Å². The zero-order chi connectivity index (χ0) is 40.3. The molecule has 0 saturated heterocycles. The normalized spacial score (nSPS) is 13.3. The molecule has 0 N–H and O–H groups in total. The van der Waals surface area contributed by atoms with Crippen molar-refractivity contribution in [2.45, 2.75) is 19.3 Å². The highest BCUT2D eigenvalue weighted by atomic mass is 35.7. The van der Waals surface area contributed by atoms with Crippen LogP contribution in [0, 0.1) is 10.2 Å². The number of nitrogens with zero attached hydrogens (tertiary/aromatic N) is 2. The molecule has 8 rings (SSSR count). The van der Waals surface area contributed by atoms with Crippen LogP contribution in [0.1, 0.15) is 25.0 Å². The molecule has 7 nitrogen and oxygen atoms in total. The summed E-state index contributed by atoms with van der Waals surface area (Å²) < 4.78 is 38.5. The molecule has 9 heteroatoms. The van der Waals surface area contributed by atoms with Crippen LogP contribution in [0.2, 0.25) is 5.02 Å². The first kappa shape index (κ1) is 39.3. The first-order valence-electron chi connectivity index (χ1n) is 18.2. The minimum Gasteiger partial charge on any atom is -0.872 e. The number of hydrogen-bond acceptors (Lipinski definition) is 5. The fourth-order valence-electron chi connectivity index (χ4n) is 7.52. The van der Waals surface area contributed by atoms with Crippen molar-refractivity contribution in [1.29, 1.82) is 0 Å². The summed E-state index contributed by atoms with van der Waals surface area (Å²) in [6, 6.07) is 55.9. The van der Waals surface area contributed by atoms with Gasteiger partial charge in [-0.3, -0.25) is 0 Å². The van der Waals surface area contributed by atoms with Crippen LogP contribution in [0.5, 0.6) is 5.75 Å². The number of fused-ring (bicyclic) bond motifs is 1. The molecule has 284 valence electrons. The number of rotatable bonds is 7. The predicted octanol–water partition coefficient (Wildman–Crippen LogP) is 6.32. The number of hydrogen-bond donors (Lipinski definition) is 0. The average Bonchev–Trinajstić information content (AvgIpc) is 3.41. The van der Waals surface area contributed by atoms with Gasteiger partial charge >= 0.3 is 0 Å². The minimum absolute atomic E-state index is 0.0105. The number of pyridine rings is 1. The lowest BCUT2D eigenvalue weighted by Gasteiger charge is -2.20. The molecule has 6 aromatic carbocycles. The van der Waals surface area contributed by atoms with E-state index in [0.717, 1.165) is 50.6 Å². The van der Waals surface area contributed by atoms with E-state index < -0.39 is 10.2 Å². The van der Waals surface area contributed by atoms with Crippen molar-refractivity contribution in [2.24, 2.45) is 0 Å². The molecular weight excluding hydrogens is 755 g/mol. The molecule has 0 aliphatic carbocycles. The summed E-state index contributed by atoms with van der Waals surface area (Å²) in [6.45, 7) is 4.49. The Morgan fingerprint density at radius 2 is 1.05 bits per heavy atom. The van der Waals surface area contributed by atoms with Crippen LogP contribution >= 0.6 is 11.6 Å². The Bertz CT molecular complexity index is 2540. The first-order chi connectivity index (χ1) is 27.3. The SMILES string of the molecule is C[N+]1=C(/C=C\c2cc(-[n+]3c(-c4ccccc4)cc(-c4ccc(Cl)cc4)cc3-c3ccccc3)cc(-c3ccccc3)c2[O-])C(C)(C)c2ccccc21.[O-][Cl+3]([O-])([O-])[O-]. The third-order valence-electron chi connectivity index (χ3n) is 10.2. The maximum absolute atomic E-state index is 14.5. The van der Waals surface area contributed by atoms with Gasteiger partial charge in [0.25, 0.3) is 0 Å². The van der Waals surface area contributed by atoms with Gasteiger partial charge in [0.1, 0.15) is 7.05 Å². The summed E-state index contributed by atoms with van der Waals surface area (Å²) in [5, 5.41) is 15.2. The van der Waals surface area contributed by atoms with Crippen molar-refractivity contribution < 1.29 is 43.1 Å². The molecule has 0 radical (unpaired) electrons. The fourth-order valence-corrected chi connectivity index (χ4v) is 7.64. The van der Waals surface area contributed by atoms with Gasteiger partial charge in [0.15, 0.2) is 5.71 Å². The molecule has 0 saturated carbocycles. The molecule has 0 fully saturated rings. The maximum Gasteiger partial charge on any atom is 0.219 e. The number of allylic oxidation sites excluding steroid dienone is 1. The number of benzene rings is 6. The molecular formula is C48H38Cl2N2O5. The Labute approximate surface area is 339 Å². The summed E-state index contributed by atoms with van der Waals surface area (Å²) in [5.41, 5.74) is 12.7. The van der Waals surface area contributed by atoms with Gasteiger partial charge in [0, 0.05) is 58.1 Å². The molecule has 1 aliphatic heterocycles. The zero-order valence-electron chi connectivity index (χ0n) is 31.4. The van der Waals surface area contributed by atoms with E-state index in [9.17, 15) is 5.11 Å². The van der Waals surface area contributed by atoms with Crippen LogP contribution < -0.4 is 28.3 Å². The van der Waals surface area contributed by atoms with Crippen molar-refractivity contribution in [3.05, 3.63) is 186 Å². The van der Waals surface area contributed by atoms with Crippen LogP contribution in [0.25, 0.3) is 56.5 Å². The first-order valence-corrected chi connectivity index (χ1v) is 19.8. The second-order valence-electron chi connectivity index (χ2n) is 14.2. The molecule has 0 amide bonds. The summed E-state index contributed by atoms with van der Waals surface area (Å²) in [5.74, 6) is -0.0105. The van der Waals surface area contributed by atoms with Gasteiger partial charge in [-0.05, 0) is 84.1 Å². The van der Waals surface area contributed by atoms with Crippen LogP contribution in [0.4, 0.5) is 5.69 Å². The number of halogens is 2. The second-order valence-corrected chi connectivity index (χ2v) is 15.4. The average molecular weight is 794 g/mol. The smallest absolute Gasteiger partial charge is 0.219 e. The van der Waals surface area contributed by atoms with E-state index in [-0.39, 0.29) is 11.2 Å². The Hall–Kier alpha value is -5.90. The van der Waals surface area contributed by atoms with Crippen LogP contribution in [-0.2, 0) is 5.41 Å². The molecule has 1 aromatic heterocycles. The molecule has 0 atom stereocenters. The van der Waals surface area contributed by atoms with E-state index in [0.29, 0.717) is 16.1 Å². The topological polar surface area (TPSA) is 122 Å². The van der Waals surface area contributed by atoms with E-state index in [1.54, 1.807) is 0 Å². The van der Waals surface area contributed by atoms with Crippen molar-refractivity contribution in [3.63, 3.8) is 0 Å². The van der Waals surface area contributed by atoms with Gasteiger partial charge in [-0.1, -0.05) is 114 Å². The zero-order valence-corrected chi connectivity index (χ0v) is 32.9. The number of para-hydroxylation sites is 1. The fraction of sp³-hybridized carbons (Fsp3) is 0.0833. The van der Waals surface area contributed by atoms with Gasteiger partial charge in [0.05, 0.1) is 5.41 Å². The Kier molecular flexibility index (Phi) is 11.2. The van der Waals surface area contributed by atoms with E-state index >= 15 is 0 Å². The van der Waals surface area contributed by atoms with Crippen molar-refractivity contribution in [3.8, 4) is 56.2 Å². The quantitative estimate of drug-likeness (QED) is 0.175. The van der Waals surface area contributed by atoms with Crippen molar-refractivity contribution in [2.75, 3.05) is 7.05 Å². The van der Waals surface area contributed by atoms with Gasteiger partial charge in [-0.2, -0.15) is 9.14 Å².